The molecule has 0 radical (unpaired) electrons. The average Bonchev–Trinajstić information content (AvgIpc) is 2.42. The number of carbonyl (C=O) groups is 1. The molecule has 0 aliphatic carbocycles. The minimum absolute atomic E-state index is 0.302. The number of hydrogen-bond donors (Lipinski definition) is 0. The van der Waals surface area contributed by atoms with E-state index in [0.29, 0.717) is 12.2 Å². The lowest BCUT2D eigenvalue weighted by Crippen LogP contribution is -2.01. The fourth-order valence-electron chi connectivity index (χ4n) is 2.24. The van der Waals surface area contributed by atoms with Gasteiger partial charge in [-0.2, -0.15) is 0 Å². The molecule has 0 heterocycles. The summed E-state index contributed by atoms with van der Waals surface area (Å²) < 4.78 is 1.07. The zero-order valence-electron chi connectivity index (χ0n) is 12.0. The van der Waals surface area contributed by atoms with Crippen molar-refractivity contribution in [2.24, 2.45) is 0 Å². The second kappa shape index (κ2) is 10.4. The largest absolute Gasteiger partial charge is 0.294 e. The maximum atomic E-state index is 12.0. The molecule has 19 heavy (non-hydrogen) atoms. The average molecular weight is 372 g/mol. The highest BCUT2D eigenvalue weighted by Crippen LogP contribution is 2.16. The number of Topliss-reactive ketones (excluding diaryl/α,β-unsaturated/α-hetero) is 1. The van der Waals surface area contributed by atoms with E-state index in [1.54, 1.807) is 0 Å². The standard InChI is InChI=1S/C17H25IO/c1-2-3-4-5-6-7-8-9-14-17(19)15-12-10-11-13-16(15)18/h10-13H,2-9,14H2,1H3. The Kier molecular flexibility index (Phi) is 9.14. The molecule has 0 unspecified atom stereocenters. The topological polar surface area (TPSA) is 17.1 Å². The first-order valence-electron chi connectivity index (χ1n) is 7.53. The summed E-state index contributed by atoms with van der Waals surface area (Å²) in [7, 11) is 0. The minimum Gasteiger partial charge on any atom is -0.294 e. The number of hydrogen-bond acceptors (Lipinski definition) is 1. The molecule has 0 N–H and O–H groups in total. The third-order valence-electron chi connectivity index (χ3n) is 3.43. The maximum Gasteiger partial charge on any atom is 0.163 e. The van der Waals surface area contributed by atoms with E-state index in [4.69, 9.17) is 0 Å². The summed E-state index contributed by atoms with van der Waals surface area (Å²) in [5, 5.41) is 0. The van der Waals surface area contributed by atoms with Crippen molar-refractivity contribution in [1.29, 1.82) is 0 Å². The first-order chi connectivity index (χ1) is 9.25. The van der Waals surface area contributed by atoms with Gasteiger partial charge in [0.05, 0.1) is 0 Å². The van der Waals surface area contributed by atoms with E-state index in [-0.39, 0.29) is 0 Å². The molecule has 0 aromatic heterocycles. The van der Waals surface area contributed by atoms with Crippen molar-refractivity contribution in [3.8, 4) is 0 Å². The van der Waals surface area contributed by atoms with Crippen molar-refractivity contribution < 1.29 is 4.79 Å². The first kappa shape index (κ1) is 16.7. The second-order valence-electron chi connectivity index (χ2n) is 5.13. The Morgan fingerprint density at radius 3 is 2.16 bits per heavy atom. The van der Waals surface area contributed by atoms with E-state index in [1.807, 2.05) is 24.3 Å². The van der Waals surface area contributed by atoms with E-state index >= 15 is 0 Å². The zero-order chi connectivity index (χ0) is 13.9. The molecule has 0 aliphatic rings. The van der Waals surface area contributed by atoms with Crippen LogP contribution in [0.15, 0.2) is 24.3 Å². The van der Waals surface area contributed by atoms with Crippen LogP contribution in [0.25, 0.3) is 0 Å². The fourth-order valence-corrected chi connectivity index (χ4v) is 2.93. The Morgan fingerprint density at radius 2 is 1.53 bits per heavy atom. The van der Waals surface area contributed by atoms with Gasteiger partial charge in [0.1, 0.15) is 0 Å². The van der Waals surface area contributed by atoms with E-state index in [0.717, 1.165) is 15.6 Å². The summed E-state index contributed by atoms with van der Waals surface area (Å²) in [5.74, 6) is 0.302. The number of halogens is 1. The Balaban J connectivity index is 2.10. The highest BCUT2D eigenvalue weighted by atomic mass is 127. The summed E-state index contributed by atoms with van der Waals surface area (Å²) in [6.07, 6.45) is 11.0. The number of carbonyl (C=O) groups excluding carboxylic acids is 1. The molecular formula is C17H25IO. The van der Waals surface area contributed by atoms with Crippen LogP contribution in [0, 0.1) is 3.57 Å². The maximum absolute atomic E-state index is 12.0. The second-order valence-corrected chi connectivity index (χ2v) is 6.29. The van der Waals surface area contributed by atoms with Crippen LogP contribution in [0.4, 0.5) is 0 Å². The van der Waals surface area contributed by atoms with Crippen LogP contribution in [0.3, 0.4) is 0 Å². The van der Waals surface area contributed by atoms with Gasteiger partial charge in [-0.15, -0.1) is 0 Å². The molecule has 1 nitrogen and oxygen atoms in total. The number of ketones is 1. The number of rotatable bonds is 10. The normalized spacial score (nSPS) is 10.6. The lowest BCUT2D eigenvalue weighted by atomic mass is 10.0. The quantitative estimate of drug-likeness (QED) is 0.279. The van der Waals surface area contributed by atoms with Gasteiger partial charge < -0.3 is 0 Å². The Labute approximate surface area is 131 Å². The van der Waals surface area contributed by atoms with E-state index in [2.05, 4.69) is 29.5 Å². The predicted molar refractivity (Wildman–Crippen MR) is 90.7 cm³/mol. The van der Waals surface area contributed by atoms with Gasteiger partial charge in [0, 0.05) is 15.6 Å². The van der Waals surface area contributed by atoms with Gasteiger partial charge in [0.15, 0.2) is 5.78 Å². The van der Waals surface area contributed by atoms with Gasteiger partial charge in [-0.1, -0.05) is 70.1 Å². The van der Waals surface area contributed by atoms with Crippen LogP contribution in [0.2, 0.25) is 0 Å². The molecule has 0 saturated heterocycles. The zero-order valence-corrected chi connectivity index (χ0v) is 14.1. The molecule has 106 valence electrons. The summed E-state index contributed by atoms with van der Waals surface area (Å²) in [6, 6.07) is 7.87. The third kappa shape index (κ3) is 7.09. The molecular weight excluding hydrogens is 347 g/mol. The first-order valence-corrected chi connectivity index (χ1v) is 8.61. The summed E-state index contributed by atoms with van der Waals surface area (Å²) in [4.78, 5) is 12.0. The van der Waals surface area contributed by atoms with Crippen molar-refractivity contribution in [2.45, 2.75) is 64.7 Å². The van der Waals surface area contributed by atoms with Crippen LogP contribution in [-0.2, 0) is 0 Å². The SMILES string of the molecule is CCCCCCCCCCC(=O)c1ccccc1I. The monoisotopic (exact) mass is 372 g/mol. The Bertz CT molecular complexity index is 373. The molecule has 1 aromatic rings. The summed E-state index contributed by atoms with van der Waals surface area (Å²) in [5.41, 5.74) is 0.894. The van der Waals surface area contributed by atoms with Gasteiger partial charge in [-0.25, -0.2) is 0 Å². The third-order valence-corrected chi connectivity index (χ3v) is 4.37. The molecule has 1 rings (SSSR count). The van der Waals surface area contributed by atoms with E-state index in [1.165, 1.54) is 44.9 Å². The van der Waals surface area contributed by atoms with Crippen LogP contribution < -0.4 is 0 Å². The minimum atomic E-state index is 0.302. The van der Waals surface area contributed by atoms with Gasteiger partial charge >= 0.3 is 0 Å². The lowest BCUT2D eigenvalue weighted by molar-refractivity contribution is 0.0978. The van der Waals surface area contributed by atoms with E-state index in [9.17, 15) is 4.79 Å². The fraction of sp³-hybridized carbons (Fsp3) is 0.588. The molecule has 0 atom stereocenters. The van der Waals surface area contributed by atoms with Crippen molar-refractivity contribution in [3.05, 3.63) is 33.4 Å². The van der Waals surface area contributed by atoms with E-state index < -0.39 is 0 Å². The lowest BCUT2D eigenvalue weighted by Gasteiger charge is -2.04. The van der Waals surface area contributed by atoms with Gasteiger partial charge in [0.2, 0.25) is 0 Å². The molecule has 2 heteroatoms. The van der Waals surface area contributed by atoms with Crippen molar-refractivity contribution >= 4 is 28.4 Å². The smallest absolute Gasteiger partial charge is 0.163 e. The molecule has 0 aliphatic heterocycles. The van der Waals surface area contributed by atoms with Gasteiger partial charge in [-0.05, 0) is 35.1 Å². The van der Waals surface area contributed by atoms with Crippen LogP contribution in [0.5, 0.6) is 0 Å². The Hall–Kier alpha value is -0.380. The van der Waals surface area contributed by atoms with Crippen LogP contribution >= 0.6 is 22.6 Å². The summed E-state index contributed by atoms with van der Waals surface area (Å²) >= 11 is 2.24. The molecule has 0 fully saturated rings. The van der Waals surface area contributed by atoms with Crippen molar-refractivity contribution in [2.75, 3.05) is 0 Å². The number of unbranched alkanes of at least 4 members (excludes halogenated alkanes) is 7. The molecule has 0 bridgehead atoms. The summed E-state index contributed by atoms with van der Waals surface area (Å²) in [6.45, 7) is 2.25. The molecule has 0 spiro atoms. The van der Waals surface area contributed by atoms with Gasteiger partial charge in [-0.3, -0.25) is 4.79 Å². The molecule has 0 saturated carbocycles. The van der Waals surface area contributed by atoms with Gasteiger partial charge in [0.25, 0.3) is 0 Å². The van der Waals surface area contributed by atoms with Crippen LogP contribution in [0.1, 0.15) is 75.1 Å². The highest BCUT2D eigenvalue weighted by Gasteiger charge is 2.08. The van der Waals surface area contributed by atoms with Crippen LogP contribution in [-0.4, -0.2) is 5.78 Å². The Morgan fingerprint density at radius 1 is 0.947 bits per heavy atom. The number of benzene rings is 1. The molecule has 0 amide bonds. The van der Waals surface area contributed by atoms with Crippen molar-refractivity contribution in [3.63, 3.8) is 0 Å². The van der Waals surface area contributed by atoms with Crippen molar-refractivity contribution in [1.82, 2.24) is 0 Å². The predicted octanol–water partition coefficient (Wildman–Crippen LogP) is 6.00. The highest BCUT2D eigenvalue weighted by molar-refractivity contribution is 14.1. The molecule has 1 aromatic carbocycles.